The number of carboxylic acids is 1. The van der Waals surface area contributed by atoms with E-state index in [2.05, 4.69) is 22.5 Å². The third-order valence-corrected chi connectivity index (χ3v) is 7.41. The van der Waals surface area contributed by atoms with Gasteiger partial charge in [-0.15, -0.1) is 11.3 Å². The highest BCUT2D eigenvalue weighted by molar-refractivity contribution is 7.17. The van der Waals surface area contributed by atoms with Gasteiger partial charge >= 0.3 is 5.97 Å². The zero-order chi connectivity index (χ0) is 22.7. The van der Waals surface area contributed by atoms with Crippen LogP contribution in [0.5, 0.6) is 0 Å². The lowest BCUT2D eigenvalue weighted by Crippen LogP contribution is -2.35. The fourth-order valence-corrected chi connectivity index (χ4v) is 5.85. The predicted octanol–water partition coefficient (Wildman–Crippen LogP) is 3.80. The molecule has 2 heterocycles. The van der Waals surface area contributed by atoms with E-state index in [0.717, 1.165) is 35.3 Å². The summed E-state index contributed by atoms with van der Waals surface area (Å²) in [5, 5.41) is 15.9. The van der Waals surface area contributed by atoms with E-state index in [1.165, 1.54) is 11.3 Å². The Bertz CT molecular complexity index is 1050. The quantitative estimate of drug-likeness (QED) is 0.577. The molecule has 0 radical (unpaired) electrons. The highest BCUT2D eigenvalue weighted by atomic mass is 32.1. The zero-order valence-electron chi connectivity index (χ0n) is 18.0. The first-order chi connectivity index (χ1) is 15.4. The van der Waals surface area contributed by atoms with Crippen molar-refractivity contribution >= 4 is 34.1 Å². The maximum absolute atomic E-state index is 13.2. The summed E-state index contributed by atoms with van der Waals surface area (Å²) >= 11 is 1.45. The van der Waals surface area contributed by atoms with Crippen molar-refractivity contribution in [1.29, 1.82) is 0 Å². The number of nitrogens with one attached hydrogen (secondary N) is 2. The van der Waals surface area contributed by atoms with Crippen LogP contribution in [0.15, 0.2) is 36.7 Å². The zero-order valence-corrected chi connectivity index (χ0v) is 18.8. The van der Waals surface area contributed by atoms with E-state index in [1.54, 1.807) is 12.4 Å². The Morgan fingerprint density at radius 2 is 2.00 bits per heavy atom. The Morgan fingerprint density at radius 1 is 1.22 bits per heavy atom. The van der Waals surface area contributed by atoms with Gasteiger partial charge < -0.3 is 15.7 Å². The van der Waals surface area contributed by atoms with E-state index in [4.69, 9.17) is 0 Å². The normalized spacial score (nSPS) is 22.1. The van der Waals surface area contributed by atoms with Crippen molar-refractivity contribution in [3.63, 3.8) is 0 Å². The van der Waals surface area contributed by atoms with Crippen LogP contribution in [0.2, 0.25) is 0 Å². The van der Waals surface area contributed by atoms with Crippen molar-refractivity contribution in [2.75, 3.05) is 5.32 Å². The van der Waals surface area contributed by atoms with Gasteiger partial charge in [0.15, 0.2) is 0 Å². The largest absolute Gasteiger partial charge is 0.481 e. The molecule has 8 heteroatoms. The van der Waals surface area contributed by atoms with Crippen molar-refractivity contribution in [3.05, 3.63) is 58.2 Å². The van der Waals surface area contributed by atoms with Crippen LogP contribution in [0.3, 0.4) is 0 Å². The molecule has 0 aliphatic heterocycles. The number of aromatic nitrogens is 1. The summed E-state index contributed by atoms with van der Waals surface area (Å²) < 4.78 is 0. The van der Waals surface area contributed by atoms with Gasteiger partial charge in [-0.05, 0) is 55.2 Å². The van der Waals surface area contributed by atoms with Crippen LogP contribution in [-0.2, 0) is 29.0 Å². The summed E-state index contributed by atoms with van der Waals surface area (Å²) in [7, 11) is 0. The third kappa shape index (κ3) is 4.75. The average molecular weight is 454 g/mol. The summed E-state index contributed by atoms with van der Waals surface area (Å²) in [5.74, 6) is -2.41. The second-order valence-corrected chi connectivity index (χ2v) is 9.69. The third-order valence-electron chi connectivity index (χ3n) is 6.24. The number of hydrogen-bond donors (Lipinski definition) is 3. The van der Waals surface area contributed by atoms with Gasteiger partial charge in [0, 0.05) is 23.8 Å². The van der Waals surface area contributed by atoms with Gasteiger partial charge in [-0.25, -0.2) is 0 Å². The van der Waals surface area contributed by atoms with Crippen LogP contribution in [-0.4, -0.2) is 27.9 Å². The number of rotatable bonds is 6. The molecule has 2 aliphatic carbocycles. The first kappa shape index (κ1) is 22.2. The molecule has 2 aromatic heterocycles. The lowest BCUT2D eigenvalue weighted by molar-refractivity contribution is -0.146. The lowest BCUT2D eigenvalue weighted by atomic mass is 9.82. The monoisotopic (exact) mass is 453 g/mol. The van der Waals surface area contributed by atoms with E-state index in [-0.39, 0.29) is 11.8 Å². The van der Waals surface area contributed by atoms with E-state index in [1.807, 2.05) is 24.3 Å². The SMILES string of the molecule is C[C@@H]1CCc2c(sc(NC(=O)[C@@H]3CC=CC[C@H]3C(=O)O)c2C(=O)NCc2cccnc2)C1. The minimum absolute atomic E-state index is 0.227. The number of allylic oxidation sites excluding steroid dienone is 2. The molecule has 0 fully saturated rings. The molecule has 0 bridgehead atoms. The summed E-state index contributed by atoms with van der Waals surface area (Å²) in [4.78, 5) is 43.1. The summed E-state index contributed by atoms with van der Waals surface area (Å²) in [6.07, 6.45) is 10.4. The van der Waals surface area contributed by atoms with Gasteiger partial charge in [-0.3, -0.25) is 19.4 Å². The van der Waals surface area contributed by atoms with Crippen molar-refractivity contribution in [1.82, 2.24) is 10.3 Å². The molecular weight excluding hydrogens is 426 g/mol. The molecule has 32 heavy (non-hydrogen) atoms. The number of carbonyl (C=O) groups excluding carboxylic acids is 2. The number of aliphatic carboxylic acids is 1. The van der Waals surface area contributed by atoms with E-state index in [9.17, 15) is 19.5 Å². The maximum Gasteiger partial charge on any atom is 0.307 e. The van der Waals surface area contributed by atoms with Gasteiger partial charge in [-0.2, -0.15) is 0 Å². The second kappa shape index (κ2) is 9.65. The number of pyridine rings is 1. The van der Waals surface area contributed by atoms with Crippen molar-refractivity contribution in [2.24, 2.45) is 17.8 Å². The number of carbonyl (C=O) groups is 3. The van der Waals surface area contributed by atoms with Crippen LogP contribution in [0, 0.1) is 17.8 Å². The topological polar surface area (TPSA) is 108 Å². The highest BCUT2D eigenvalue weighted by Crippen LogP contribution is 2.40. The molecule has 0 spiro atoms. The van der Waals surface area contributed by atoms with Crippen LogP contribution in [0.4, 0.5) is 5.00 Å². The molecule has 7 nitrogen and oxygen atoms in total. The standard InChI is InChI=1S/C24H27N3O4S/c1-14-8-9-18-19(11-14)32-23(20(18)22(29)26-13-15-5-4-10-25-12-15)27-21(28)16-6-2-3-7-17(16)24(30)31/h2-5,10,12,14,16-17H,6-9,11,13H2,1H3,(H,26,29)(H,27,28)(H,30,31)/t14-,16-,17-/m1/s1. The molecule has 3 N–H and O–H groups in total. The molecule has 0 aromatic carbocycles. The Kier molecular flexibility index (Phi) is 6.69. The predicted molar refractivity (Wildman–Crippen MR) is 123 cm³/mol. The highest BCUT2D eigenvalue weighted by Gasteiger charge is 2.35. The summed E-state index contributed by atoms with van der Waals surface area (Å²) in [6.45, 7) is 2.53. The van der Waals surface area contributed by atoms with Crippen LogP contribution < -0.4 is 10.6 Å². The Balaban J connectivity index is 1.58. The molecule has 3 atom stereocenters. The Morgan fingerprint density at radius 3 is 2.72 bits per heavy atom. The van der Waals surface area contributed by atoms with Crippen molar-refractivity contribution in [2.45, 2.75) is 45.6 Å². The van der Waals surface area contributed by atoms with Crippen molar-refractivity contribution < 1.29 is 19.5 Å². The van der Waals surface area contributed by atoms with E-state index >= 15 is 0 Å². The molecule has 0 unspecified atom stereocenters. The first-order valence-corrected chi connectivity index (χ1v) is 11.8. The lowest BCUT2D eigenvalue weighted by Gasteiger charge is -2.24. The van der Waals surface area contributed by atoms with Gasteiger partial charge in [0.25, 0.3) is 5.91 Å². The van der Waals surface area contributed by atoms with E-state index < -0.39 is 17.8 Å². The van der Waals surface area contributed by atoms with E-state index in [0.29, 0.717) is 35.9 Å². The first-order valence-electron chi connectivity index (χ1n) is 10.9. The molecule has 0 saturated heterocycles. The fourth-order valence-electron chi connectivity index (χ4n) is 4.43. The number of thiophene rings is 1. The number of amides is 2. The summed E-state index contributed by atoms with van der Waals surface area (Å²) in [5.41, 5.74) is 2.42. The number of carboxylic acid groups (broad SMARTS) is 1. The molecule has 168 valence electrons. The molecule has 2 aromatic rings. The van der Waals surface area contributed by atoms with Crippen LogP contribution >= 0.6 is 11.3 Å². The number of nitrogens with zero attached hydrogens (tertiary/aromatic N) is 1. The Labute approximate surface area is 190 Å². The summed E-state index contributed by atoms with van der Waals surface area (Å²) in [6, 6.07) is 3.71. The molecule has 2 amide bonds. The van der Waals surface area contributed by atoms with Crippen LogP contribution in [0.1, 0.15) is 52.5 Å². The van der Waals surface area contributed by atoms with Gasteiger partial charge in [-0.1, -0.05) is 25.1 Å². The smallest absolute Gasteiger partial charge is 0.307 e. The fraction of sp³-hybridized carbons (Fsp3) is 0.417. The van der Waals surface area contributed by atoms with Gasteiger partial charge in [0.05, 0.1) is 17.4 Å². The minimum atomic E-state index is -0.969. The van der Waals surface area contributed by atoms with Crippen molar-refractivity contribution in [3.8, 4) is 0 Å². The molecule has 4 rings (SSSR count). The molecular formula is C24H27N3O4S. The Hall–Kier alpha value is -3.00. The molecule has 2 aliphatic rings. The number of fused-ring (bicyclic) bond motifs is 1. The van der Waals surface area contributed by atoms with Crippen LogP contribution in [0.25, 0.3) is 0 Å². The van der Waals surface area contributed by atoms with Gasteiger partial charge in [0.1, 0.15) is 5.00 Å². The molecule has 0 saturated carbocycles. The number of anilines is 1. The average Bonchev–Trinajstić information content (AvgIpc) is 3.14. The maximum atomic E-state index is 13.2. The number of hydrogen-bond acceptors (Lipinski definition) is 5. The minimum Gasteiger partial charge on any atom is -0.481 e. The van der Waals surface area contributed by atoms with Gasteiger partial charge in [0.2, 0.25) is 5.91 Å². The second-order valence-electron chi connectivity index (χ2n) is 8.58.